The lowest BCUT2D eigenvalue weighted by Gasteiger charge is -2.32. The summed E-state index contributed by atoms with van der Waals surface area (Å²) >= 11 is 0. The molecule has 1 aliphatic rings. The van der Waals surface area contributed by atoms with Gasteiger partial charge in [0.1, 0.15) is 0 Å². The van der Waals surface area contributed by atoms with Gasteiger partial charge < -0.3 is 19.7 Å². The van der Waals surface area contributed by atoms with Crippen LogP contribution in [0.25, 0.3) is 0 Å². The van der Waals surface area contributed by atoms with Crippen LogP contribution in [-0.2, 0) is 9.53 Å². The first-order chi connectivity index (χ1) is 14.9. The number of likely N-dealkylation sites (tertiary alicyclic amines) is 1. The first-order valence-corrected chi connectivity index (χ1v) is 10.7. The lowest BCUT2D eigenvalue weighted by atomic mass is 9.92. The fraction of sp³-hybridized carbons (Fsp3) is 0.458. The van der Waals surface area contributed by atoms with Crippen molar-refractivity contribution in [1.29, 1.82) is 0 Å². The number of nitrogens with one attached hydrogen (secondary N) is 1. The highest BCUT2D eigenvalue weighted by atomic mass is 16.6. The van der Waals surface area contributed by atoms with Crippen molar-refractivity contribution in [3.63, 3.8) is 0 Å². The molecule has 1 unspecified atom stereocenters. The molecule has 0 spiro atoms. The summed E-state index contributed by atoms with van der Waals surface area (Å²) in [7, 11) is 1.58. The molecule has 0 radical (unpaired) electrons. The number of piperidine rings is 1. The molecule has 2 amide bonds. The van der Waals surface area contributed by atoms with Gasteiger partial charge in [-0.15, -0.1) is 0 Å². The Kier molecular flexibility index (Phi) is 7.50. The highest BCUT2D eigenvalue weighted by molar-refractivity contribution is 5.80. The van der Waals surface area contributed by atoms with Gasteiger partial charge in [0.15, 0.2) is 0 Å². The van der Waals surface area contributed by atoms with Gasteiger partial charge in [-0.3, -0.25) is 4.79 Å². The molecule has 1 aromatic heterocycles. The van der Waals surface area contributed by atoms with Crippen molar-refractivity contribution in [2.24, 2.45) is 5.92 Å². The van der Waals surface area contributed by atoms with E-state index >= 15 is 0 Å². The third-order valence-corrected chi connectivity index (χ3v) is 5.55. The fourth-order valence-electron chi connectivity index (χ4n) is 3.80. The number of amides is 2. The number of methoxy groups -OCH3 is 1. The van der Waals surface area contributed by atoms with E-state index in [1.807, 2.05) is 51.1 Å². The van der Waals surface area contributed by atoms with E-state index in [-0.39, 0.29) is 30.1 Å². The van der Waals surface area contributed by atoms with E-state index in [9.17, 15) is 9.59 Å². The minimum atomic E-state index is -0.309. The van der Waals surface area contributed by atoms with Crippen LogP contribution < -0.4 is 10.1 Å². The van der Waals surface area contributed by atoms with Gasteiger partial charge in [-0.05, 0) is 56.4 Å². The molecule has 1 atom stereocenters. The van der Waals surface area contributed by atoms with Crippen LogP contribution in [0.5, 0.6) is 5.88 Å². The highest BCUT2D eigenvalue weighted by Crippen LogP contribution is 2.27. The number of aromatic nitrogens is 1. The molecule has 0 aliphatic carbocycles. The Labute approximate surface area is 183 Å². The SMILES string of the molecule is COc1ccc(C(NC(=O)C2CCN(C(=O)OC(C)C)CC2)c2ccccc2C)cn1. The molecule has 1 N–H and O–H groups in total. The second-order valence-electron chi connectivity index (χ2n) is 8.13. The minimum absolute atomic E-state index is 0.0130. The van der Waals surface area contributed by atoms with Gasteiger partial charge in [0.2, 0.25) is 11.8 Å². The van der Waals surface area contributed by atoms with Crippen LogP contribution in [-0.4, -0.2) is 48.2 Å². The molecule has 31 heavy (non-hydrogen) atoms. The number of benzene rings is 1. The molecule has 7 nitrogen and oxygen atoms in total. The zero-order valence-electron chi connectivity index (χ0n) is 18.6. The smallest absolute Gasteiger partial charge is 0.410 e. The van der Waals surface area contributed by atoms with Crippen LogP contribution in [0.3, 0.4) is 0 Å². The maximum atomic E-state index is 13.2. The summed E-state index contributed by atoms with van der Waals surface area (Å²) in [6.45, 7) is 6.73. The van der Waals surface area contributed by atoms with Crippen LogP contribution in [0, 0.1) is 12.8 Å². The molecule has 2 heterocycles. The topological polar surface area (TPSA) is 80.8 Å². The van der Waals surface area contributed by atoms with E-state index in [1.54, 1.807) is 24.3 Å². The van der Waals surface area contributed by atoms with Crippen molar-refractivity contribution >= 4 is 12.0 Å². The third kappa shape index (κ3) is 5.75. The number of hydrogen-bond acceptors (Lipinski definition) is 5. The van der Waals surface area contributed by atoms with Gasteiger partial charge in [-0.1, -0.05) is 24.3 Å². The molecular weight excluding hydrogens is 394 g/mol. The second kappa shape index (κ2) is 10.3. The van der Waals surface area contributed by atoms with Crippen molar-refractivity contribution in [3.05, 3.63) is 59.3 Å². The van der Waals surface area contributed by atoms with E-state index in [2.05, 4.69) is 10.3 Å². The monoisotopic (exact) mass is 425 g/mol. The van der Waals surface area contributed by atoms with Crippen molar-refractivity contribution in [3.8, 4) is 5.88 Å². The van der Waals surface area contributed by atoms with Crippen LogP contribution in [0.2, 0.25) is 0 Å². The van der Waals surface area contributed by atoms with Crippen molar-refractivity contribution < 1.29 is 19.1 Å². The van der Waals surface area contributed by atoms with E-state index in [4.69, 9.17) is 9.47 Å². The Bertz CT molecular complexity index is 890. The molecule has 0 bridgehead atoms. The Morgan fingerprint density at radius 2 is 1.84 bits per heavy atom. The van der Waals surface area contributed by atoms with E-state index < -0.39 is 0 Å². The Morgan fingerprint density at radius 3 is 2.42 bits per heavy atom. The number of nitrogens with zero attached hydrogens (tertiary/aromatic N) is 2. The zero-order valence-corrected chi connectivity index (χ0v) is 18.6. The highest BCUT2D eigenvalue weighted by Gasteiger charge is 2.30. The third-order valence-electron chi connectivity index (χ3n) is 5.55. The number of hydrogen-bond donors (Lipinski definition) is 1. The molecule has 1 saturated heterocycles. The maximum absolute atomic E-state index is 13.2. The first kappa shape index (κ1) is 22.6. The lowest BCUT2D eigenvalue weighted by molar-refractivity contribution is -0.126. The normalized spacial score (nSPS) is 15.5. The summed E-state index contributed by atoms with van der Waals surface area (Å²) in [4.78, 5) is 31.3. The van der Waals surface area contributed by atoms with Gasteiger partial charge in [0, 0.05) is 31.3 Å². The summed E-state index contributed by atoms with van der Waals surface area (Å²) in [5.74, 6) is 0.362. The number of rotatable bonds is 6. The van der Waals surface area contributed by atoms with Crippen LogP contribution in [0.4, 0.5) is 4.79 Å². The average Bonchev–Trinajstić information content (AvgIpc) is 2.77. The van der Waals surface area contributed by atoms with Crippen molar-refractivity contribution in [2.45, 2.75) is 45.8 Å². The molecule has 0 saturated carbocycles. The first-order valence-electron chi connectivity index (χ1n) is 10.7. The zero-order chi connectivity index (χ0) is 22.4. The summed E-state index contributed by atoms with van der Waals surface area (Å²) in [6, 6.07) is 11.4. The number of aryl methyl sites for hydroxylation is 1. The quantitative estimate of drug-likeness (QED) is 0.760. The molecule has 1 fully saturated rings. The maximum Gasteiger partial charge on any atom is 0.410 e. The van der Waals surface area contributed by atoms with Crippen LogP contribution in [0.15, 0.2) is 42.6 Å². The van der Waals surface area contributed by atoms with Gasteiger partial charge in [-0.2, -0.15) is 0 Å². The Balaban J connectivity index is 1.72. The van der Waals surface area contributed by atoms with Crippen LogP contribution >= 0.6 is 0 Å². The molecular formula is C24H31N3O4. The number of carbonyl (C=O) groups excluding carboxylic acids is 2. The number of ether oxygens (including phenoxy) is 2. The molecule has 2 aromatic rings. The predicted octanol–water partition coefficient (Wildman–Crippen LogP) is 3.86. The standard InChI is InChI=1S/C24H31N3O4/c1-16(2)31-24(29)27-13-11-18(12-14-27)23(28)26-22(20-8-6-5-7-17(20)3)19-9-10-21(30-4)25-15-19/h5-10,15-16,18,22H,11-14H2,1-4H3,(H,26,28). The van der Waals surface area contributed by atoms with E-state index in [0.29, 0.717) is 31.8 Å². The fourth-order valence-corrected chi connectivity index (χ4v) is 3.80. The van der Waals surface area contributed by atoms with Gasteiger partial charge in [-0.25, -0.2) is 9.78 Å². The van der Waals surface area contributed by atoms with Crippen molar-refractivity contribution in [1.82, 2.24) is 15.2 Å². The summed E-state index contributed by atoms with van der Waals surface area (Å²) in [6.07, 6.45) is 2.50. The average molecular weight is 426 g/mol. The lowest BCUT2D eigenvalue weighted by Crippen LogP contribution is -2.44. The molecule has 166 valence electrons. The van der Waals surface area contributed by atoms with Gasteiger partial charge in [0.25, 0.3) is 0 Å². The largest absolute Gasteiger partial charge is 0.481 e. The minimum Gasteiger partial charge on any atom is -0.481 e. The van der Waals surface area contributed by atoms with E-state index in [1.165, 1.54) is 0 Å². The summed E-state index contributed by atoms with van der Waals surface area (Å²) < 4.78 is 10.4. The van der Waals surface area contributed by atoms with Gasteiger partial charge in [0.05, 0.1) is 19.3 Å². The van der Waals surface area contributed by atoms with E-state index in [0.717, 1.165) is 16.7 Å². The second-order valence-corrected chi connectivity index (χ2v) is 8.13. The summed E-state index contributed by atoms with van der Waals surface area (Å²) in [5, 5.41) is 3.22. The van der Waals surface area contributed by atoms with Crippen molar-refractivity contribution in [2.75, 3.05) is 20.2 Å². The molecule has 1 aromatic carbocycles. The Morgan fingerprint density at radius 1 is 1.13 bits per heavy atom. The molecule has 3 rings (SSSR count). The van der Waals surface area contributed by atoms with Crippen LogP contribution in [0.1, 0.15) is 49.4 Å². The predicted molar refractivity (Wildman–Crippen MR) is 118 cm³/mol. The summed E-state index contributed by atoms with van der Waals surface area (Å²) in [5.41, 5.74) is 3.01. The van der Waals surface area contributed by atoms with Gasteiger partial charge >= 0.3 is 6.09 Å². The Hall–Kier alpha value is -3.09. The molecule has 7 heteroatoms. The molecule has 1 aliphatic heterocycles. The number of pyridine rings is 1. The number of carbonyl (C=O) groups is 2.